The summed E-state index contributed by atoms with van der Waals surface area (Å²) in [6.45, 7) is 0. The van der Waals surface area contributed by atoms with E-state index in [1.807, 2.05) is 0 Å². The minimum absolute atomic E-state index is 0. The van der Waals surface area contributed by atoms with Gasteiger partial charge in [-0.2, -0.15) is 0 Å². The van der Waals surface area contributed by atoms with Crippen LogP contribution in [-0.2, 0) is 34.4 Å². The zero-order chi connectivity index (χ0) is 0. The Morgan fingerprint density at radius 2 is 1.00 bits per heavy atom. The first kappa shape index (κ1) is 46.8. The monoisotopic (exact) mass is 154 g/mol. The van der Waals surface area contributed by atoms with Crippen LogP contribution in [0.1, 0.15) is 7.43 Å². The van der Waals surface area contributed by atoms with E-state index in [1.165, 1.54) is 0 Å². The van der Waals surface area contributed by atoms with Crippen LogP contribution in [0.2, 0.25) is 0 Å². The zero-order valence-corrected chi connectivity index (χ0v) is 3.14. The van der Waals surface area contributed by atoms with Crippen LogP contribution in [0, 0.1) is 0 Å². The molecule has 0 aliphatic carbocycles. The maximum Gasteiger partial charge on any atom is 0.187 e. The average Bonchev–Trinajstić information content (AvgIpc) is 0. The largest absolute Gasteiger partial charge is 0.187 e. The van der Waals surface area contributed by atoms with Crippen molar-refractivity contribution in [3.63, 3.8) is 0 Å². The van der Waals surface area contributed by atoms with E-state index < -0.39 is 0 Å². The van der Waals surface area contributed by atoms with E-state index in [0.29, 0.717) is 0 Å². The number of hydrogen-bond acceptors (Lipinski definition) is 0. The summed E-state index contributed by atoms with van der Waals surface area (Å²) in [5.41, 5.74) is 0. The fraction of sp³-hybridized carbons (Fsp3) is 1.00. The van der Waals surface area contributed by atoms with Gasteiger partial charge in [-0.15, -0.1) is 0 Å². The van der Waals surface area contributed by atoms with E-state index in [2.05, 4.69) is 0 Å². The van der Waals surface area contributed by atoms with Crippen LogP contribution in [-0.4, -0.2) is 17.4 Å². The molecule has 0 fully saturated rings. The van der Waals surface area contributed by atoms with Crippen LogP contribution in [0.3, 0.4) is 0 Å². The van der Waals surface area contributed by atoms with Crippen LogP contribution in [0.15, 0.2) is 0 Å². The van der Waals surface area contributed by atoms with Gasteiger partial charge in [0.25, 0.3) is 0 Å². The molecule has 0 unspecified atom stereocenters. The molecule has 0 aliphatic rings. The Morgan fingerprint density at radius 1 is 1.00 bits per heavy atom. The van der Waals surface area contributed by atoms with Gasteiger partial charge in [-0.3, -0.25) is 0 Å². The molecule has 0 bridgehead atoms. The Labute approximate surface area is 59.1 Å². The molecule has 3 heteroatoms. The molecule has 0 nitrogen and oxygen atoms in total. The summed E-state index contributed by atoms with van der Waals surface area (Å²) in [6, 6.07) is 0. The van der Waals surface area contributed by atoms with E-state index in [9.17, 15) is 0 Å². The summed E-state index contributed by atoms with van der Waals surface area (Å²) in [7, 11) is 0. The standard InChI is InChI=1S/CH4.Al.Cr.Fe.3H/h1H4;;;;;;. The van der Waals surface area contributed by atoms with E-state index in [0.717, 1.165) is 0 Å². The van der Waals surface area contributed by atoms with Crippen molar-refractivity contribution < 1.29 is 34.4 Å². The normalized spacial score (nSPS) is 0. The number of rotatable bonds is 0. The van der Waals surface area contributed by atoms with Crippen LogP contribution in [0.5, 0.6) is 0 Å². The molecule has 28 valence electrons. The molecule has 0 N–H and O–H groups in total. The summed E-state index contributed by atoms with van der Waals surface area (Å²) >= 11 is 0. The molecule has 0 amide bonds. The third-order valence-corrected chi connectivity index (χ3v) is 0. The second kappa shape index (κ2) is 23.5. The Balaban J connectivity index is 0. The molecule has 0 aromatic heterocycles. The Hall–Kier alpha value is 1.58. The molecule has 0 atom stereocenters. The second-order valence-electron chi connectivity index (χ2n) is 0. The van der Waals surface area contributed by atoms with Crippen molar-refractivity contribution in [2.24, 2.45) is 0 Å². The van der Waals surface area contributed by atoms with Crippen molar-refractivity contribution in [3.05, 3.63) is 0 Å². The van der Waals surface area contributed by atoms with Gasteiger partial charge < -0.3 is 0 Å². The molecule has 0 radical (unpaired) electrons. The molecule has 0 heterocycles. The van der Waals surface area contributed by atoms with Gasteiger partial charge in [-0.25, -0.2) is 0 Å². The minimum Gasteiger partial charge on any atom is -0.0776 e. The maximum absolute atomic E-state index is 0. The summed E-state index contributed by atoms with van der Waals surface area (Å²) in [4.78, 5) is 0. The van der Waals surface area contributed by atoms with Gasteiger partial charge in [0.1, 0.15) is 0 Å². The predicted octanol–water partition coefficient (Wildman–Crippen LogP) is -0.553. The van der Waals surface area contributed by atoms with Crippen LogP contribution in [0.4, 0.5) is 0 Å². The van der Waals surface area contributed by atoms with Crippen molar-refractivity contribution in [1.29, 1.82) is 0 Å². The van der Waals surface area contributed by atoms with Crippen molar-refractivity contribution >= 4 is 17.4 Å². The summed E-state index contributed by atoms with van der Waals surface area (Å²) in [5, 5.41) is 0. The topological polar surface area (TPSA) is 0 Å². The molecular weight excluding hydrogens is 147 g/mol. The van der Waals surface area contributed by atoms with Gasteiger partial charge in [0.2, 0.25) is 0 Å². The summed E-state index contributed by atoms with van der Waals surface area (Å²) in [5.74, 6) is 0. The molecular formula is CH7AlCrFe. The van der Waals surface area contributed by atoms with Crippen molar-refractivity contribution in [1.82, 2.24) is 0 Å². The molecule has 0 saturated heterocycles. The van der Waals surface area contributed by atoms with Gasteiger partial charge in [0.15, 0.2) is 17.4 Å². The van der Waals surface area contributed by atoms with Crippen molar-refractivity contribution in [2.75, 3.05) is 0 Å². The number of hydrogen-bond donors (Lipinski definition) is 0. The summed E-state index contributed by atoms with van der Waals surface area (Å²) in [6.07, 6.45) is 0. The smallest absolute Gasteiger partial charge is 0.0776 e. The molecule has 0 rings (SSSR count). The van der Waals surface area contributed by atoms with Gasteiger partial charge in [0.05, 0.1) is 0 Å². The fourth-order valence-electron chi connectivity index (χ4n) is 0. The average molecular weight is 154 g/mol. The first-order valence-electron chi connectivity index (χ1n) is 0. The third-order valence-electron chi connectivity index (χ3n) is 0. The molecule has 0 saturated carbocycles. The predicted molar refractivity (Wildman–Crippen MR) is 16.7 cm³/mol. The third kappa shape index (κ3) is 9.54. The molecule has 0 spiro atoms. The van der Waals surface area contributed by atoms with E-state index >= 15 is 0 Å². The second-order valence-corrected chi connectivity index (χ2v) is 0. The molecule has 0 aromatic carbocycles. The Morgan fingerprint density at radius 3 is 1.00 bits per heavy atom. The van der Waals surface area contributed by atoms with Crippen molar-refractivity contribution in [3.8, 4) is 0 Å². The summed E-state index contributed by atoms with van der Waals surface area (Å²) < 4.78 is 0. The SMILES string of the molecule is C.[AlH3].[Cr].[Fe]. The van der Waals surface area contributed by atoms with E-state index in [4.69, 9.17) is 0 Å². The van der Waals surface area contributed by atoms with Crippen LogP contribution >= 0.6 is 0 Å². The van der Waals surface area contributed by atoms with Crippen LogP contribution in [0.25, 0.3) is 0 Å². The van der Waals surface area contributed by atoms with Crippen LogP contribution < -0.4 is 0 Å². The van der Waals surface area contributed by atoms with Gasteiger partial charge in [-0.1, -0.05) is 7.43 Å². The molecule has 0 aliphatic heterocycles. The Kier molecular flexibility index (Phi) is 274. The molecule has 4 heavy (non-hydrogen) atoms. The maximum atomic E-state index is 0. The van der Waals surface area contributed by atoms with E-state index in [-0.39, 0.29) is 59.2 Å². The van der Waals surface area contributed by atoms with E-state index in [1.54, 1.807) is 0 Å². The van der Waals surface area contributed by atoms with Gasteiger partial charge in [-0.05, 0) is 0 Å². The van der Waals surface area contributed by atoms with Gasteiger partial charge in [0, 0.05) is 34.4 Å². The first-order valence-corrected chi connectivity index (χ1v) is 0. The molecule has 0 aromatic rings. The fourth-order valence-corrected chi connectivity index (χ4v) is 0. The minimum atomic E-state index is 0. The Bertz CT molecular complexity index is 8.00. The van der Waals surface area contributed by atoms with Gasteiger partial charge >= 0.3 is 0 Å². The zero-order valence-electron chi connectivity index (χ0n) is 0.762. The van der Waals surface area contributed by atoms with Crippen molar-refractivity contribution in [2.45, 2.75) is 7.43 Å². The quantitative estimate of drug-likeness (QED) is 0.410. The first-order chi connectivity index (χ1) is 0.